The van der Waals surface area contributed by atoms with E-state index >= 15 is 0 Å². The summed E-state index contributed by atoms with van der Waals surface area (Å²) in [6.07, 6.45) is 1.72. The van der Waals surface area contributed by atoms with Crippen LogP contribution in [0.25, 0.3) is 0 Å². The quantitative estimate of drug-likeness (QED) is 0.762. The Morgan fingerprint density at radius 3 is 2.61 bits per heavy atom. The zero-order valence-electron chi connectivity index (χ0n) is 9.83. The number of carbonyl (C=O) groups is 1. The summed E-state index contributed by atoms with van der Waals surface area (Å²) in [5.74, 6) is 0.174. The minimum Gasteiger partial charge on any atom is -0.338 e. The fourth-order valence-electron chi connectivity index (χ4n) is 2.15. The zero-order chi connectivity index (χ0) is 13.1. The minimum absolute atomic E-state index is 0.0245. The van der Waals surface area contributed by atoms with Crippen LogP contribution < -0.4 is 0 Å². The molecule has 1 aliphatic heterocycles. The molecule has 0 bridgehead atoms. The third-order valence-electron chi connectivity index (χ3n) is 3.30. The second-order valence-corrected chi connectivity index (χ2v) is 5.20. The van der Waals surface area contributed by atoms with E-state index in [2.05, 4.69) is 0 Å². The lowest BCUT2D eigenvalue weighted by atomic mass is 9.98. The number of likely N-dealkylation sites (tertiary alicyclic amines) is 1. The lowest BCUT2D eigenvalue weighted by molar-refractivity contribution is 0.0693. The highest BCUT2D eigenvalue weighted by atomic mass is 35.5. The van der Waals surface area contributed by atoms with Gasteiger partial charge in [0, 0.05) is 19.0 Å². The van der Waals surface area contributed by atoms with Crippen molar-refractivity contribution in [2.75, 3.05) is 19.0 Å². The molecular weight excluding hydrogens is 276 g/mol. The van der Waals surface area contributed by atoms with Crippen LogP contribution in [0.4, 0.5) is 4.39 Å². The number of amides is 1. The zero-order valence-corrected chi connectivity index (χ0v) is 11.3. The Balaban J connectivity index is 2.13. The van der Waals surface area contributed by atoms with E-state index in [0.717, 1.165) is 12.8 Å². The smallest absolute Gasteiger partial charge is 0.258 e. The van der Waals surface area contributed by atoms with Gasteiger partial charge in [0.2, 0.25) is 0 Å². The van der Waals surface area contributed by atoms with Crippen molar-refractivity contribution in [1.29, 1.82) is 0 Å². The van der Waals surface area contributed by atoms with E-state index < -0.39 is 5.82 Å². The highest BCUT2D eigenvalue weighted by Gasteiger charge is 2.26. The van der Waals surface area contributed by atoms with Crippen molar-refractivity contribution in [3.05, 3.63) is 34.6 Å². The molecule has 2 rings (SSSR count). The number of nitrogens with zero attached hydrogens (tertiary/aromatic N) is 1. The molecule has 1 fully saturated rings. The van der Waals surface area contributed by atoms with E-state index in [1.165, 1.54) is 18.2 Å². The van der Waals surface area contributed by atoms with Crippen molar-refractivity contribution < 1.29 is 9.18 Å². The van der Waals surface area contributed by atoms with Crippen LogP contribution in [0.5, 0.6) is 0 Å². The van der Waals surface area contributed by atoms with Crippen molar-refractivity contribution in [3.8, 4) is 0 Å². The molecule has 0 unspecified atom stereocenters. The number of alkyl halides is 1. The van der Waals surface area contributed by atoms with Gasteiger partial charge in [0.25, 0.3) is 5.91 Å². The molecule has 1 aromatic carbocycles. The van der Waals surface area contributed by atoms with Crippen LogP contribution in [0.15, 0.2) is 18.2 Å². The molecule has 0 aliphatic carbocycles. The largest absolute Gasteiger partial charge is 0.338 e. The summed E-state index contributed by atoms with van der Waals surface area (Å²) in [5.41, 5.74) is -0.0245. The summed E-state index contributed by atoms with van der Waals surface area (Å²) < 4.78 is 13.6. The van der Waals surface area contributed by atoms with Gasteiger partial charge < -0.3 is 4.90 Å². The van der Waals surface area contributed by atoms with Crippen LogP contribution in [0.2, 0.25) is 5.02 Å². The SMILES string of the molecule is O=C(c1c(F)cccc1Cl)N1CCC(CCl)CC1. The molecule has 1 amide bonds. The molecule has 5 heteroatoms. The first-order valence-corrected chi connectivity index (χ1v) is 6.84. The average Bonchev–Trinajstić information content (AvgIpc) is 2.38. The fourth-order valence-corrected chi connectivity index (χ4v) is 2.70. The highest BCUT2D eigenvalue weighted by Crippen LogP contribution is 2.24. The summed E-state index contributed by atoms with van der Waals surface area (Å²) in [4.78, 5) is 13.9. The van der Waals surface area contributed by atoms with Crippen LogP contribution in [-0.2, 0) is 0 Å². The molecule has 1 heterocycles. The van der Waals surface area contributed by atoms with Crippen LogP contribution in [-0.4, -0.2) is 29.8 Å². The van der Waals surface area contributed by atoms with E-state index in [4.69, 9.17) is 23.2 Å². The molecule has 0 radical (unpaired) electrons. The Morgan fingerprint density at radius 1 is 1.39 bits per heavy atom. The maximum Gasteiger partial charge on any atom is 0.258 e. The Bertz CT molecular complexity index is 424. The Hall–Kier alpha value is -0.800. The van der Waals surface area contributed by atoms with E-state index in [9.17, 15) is 9.18 Å². The lowest BCUT2D eigenvalue weighted by Crippen LogP contribution is -2.39. The van der Waals surface area contributed by atoms with Crippen molar-refractivity contribution in [3.63, 3.8) is 0 Å². The molecule has 1 saturated heterocycles. The van der Waals surface area contributed by atoms with Crippen molar-refractivity contribution in [2.45, 2.75) is 12.8 Å². The lowest BCUT2D eigenvalue weighted by Gasteiger charge is -2.31. The second kappa shape index (κ2) is 5.89. The number of hydrogen-bond acceptors (Lipinski definition) is 1. The van der Waals surface area contributed by atoms with Crippen LogP contribution in [0.3, 0.4) is 0 Å². The van der Waals surface area contributed by atoms with Crippen LogP contribution in [0.1, 0.15) is 23.2 Å². The molecule has 1 aromatic rings. The van der Waals surface area contributed by atoms with E-state index in [0.29, 0.717) is 24.9 Å². The normalized spacial score (nSPS) is 16.9. The molecule has 0 saturated carbocycles. The number of piperidine rings is 1. The van der Waals surface area contributed by atoms with Gasteiger partial charge in [0.15, 0.2) is 0 Å². The van der Waals surface area contributed by atoms with Gasteiger partial charge in [0.1, 0.15) is 5.82 Å². The average molecular weight is 290 g/mol. The number of carbonyl (C=O) groups excluding carboxylic acids is 1. The minimum atomic E-state index is -0.563. The van der Waals surface area contributed by atoms with E-state index in [-0.39, 0.29) is 16.5 Å². The highest BCUT2D eigenvalue weighted by molar-refractivity contribution is 6.33. The van der Waals surface area contributed by atoms with Crippen molar-refractivity contribution in [1.82, 2.24) is 4.90 Å². The number of rotatable bonds is 2. The van der Waals surface area contributed by atoms with Crippen molar-refractivity contribution in [2.24, 2.45) is 5.92 Å². The number of halogens is 3. The van der Waals surface area contributed by atoms with Gasteiger partial charge in [-0.15, -0.1) is 11.6 Å². The number of benzene rings is 1. The Morgan fingerprint density at radius 2 is 2.06 bits per heavy atom. The molecule has 18 heavy (non-hydrogen) atoms. The monoisotopic (exact) mass is 289 g/mol. The summed E-state index contributed by atoms with van der Waals surface area (Å²) in [5, 5.41) is 0.166. The molecule has 2 nitrogen and oxygen atoms in total. The van der Waals surface area contributed by atoms with Gasteiger partial charge in [-0.2, -0.15) is 0 Å². The first-order valence-electron chi connectivity index (χ1n) is 5.92. The predicted octanol–water partition coefficient (Wildman–Crippen LogP) is 3.57. The summed E-state index contributed by atoms with van der Waals surface area (Å²) in [7, 11) is 0. The molecule has 0 N–H and O–H groups in total. The van der Waals surface area contributed by atoms with Gasteiger partial charge in [-0.05, 0) is 30.9 Å². The van der Waals surface area contributed by atoms with Gasteiger partial charge in [-0.1, -0.05) is 17.7 Å². The van der Waals surface area contributed by atoms with E-state index in [1.807, 2.05) is 0 Å². The molecule has 0 spiro atoms. The van der Waals surface area contributed by atoms with Gasteiger partial charge in [0.05, 0.1) is 10.6 Å². The van der Waals surface area contributed by atoms with E-state index in [1.54, 1.807) is 4.90 Å². The number of hydrogen-bond donors (Lipinski definition) is 0. The van der Waals surface area contributed by atoms with Crippen LogP contribution in [0, 0.1) is 11.7 Å². The van der Waals surface area contributed by atoms with Crippen molar-refractivity contribution >= 4 is 29.1 Å². The third-order valence-corrected chi connectivity index (χ3v) is 4.05. The summed E-state index contributed by atoms with van der Waals surface area (Å²) in [6, 6.07) is 4.28. The first kappa shape index (κ1) is 13.6. The summed E-state index contributed by atoms with van der Waals surface area (Å²) in [6.45, 7) is 1.22. The molecule has 1 aliphatic rings. The Labute approximate surface area is 116 Å². The molecule has 98 valence electrons. The standard InChI is InChI=1S/C13H14Cl2FNO/c14-8-9-4-6-17(7-5-9)13(18)12-10(15)2-1-3-11(12)16/h1-3,9H,4-8H2. The van der Waals surface area contributed by atoms with Gasteiger partial charge >= 0.3 is 0 Å². The topological polar surface area (TPSA) is 20.3 Å². The maximum atomic E-state index is 13.6. The Kier molecular flexibility index (Phi) is 4.46. The molecule has 0 aromatic heterocycles. The van der Waals surface area contributed by atoms with Crippen LogP contribution >= 0.6 is 23.2 Å². The summed E-state index contributed by atoms with van der Waals surface area (Å²) >= 11 is 11.7. The molecular formula is C13H14Cl2FNO. The predicted molar refractivity (Wildman–Crippen MR) is 70.8 cm³/mol. The second-order valence-electron chi connectivity index (χ2n) is 4.49. The molecule has 0 atom stereocenters. The maximum absolute atomic E-state index is 13.6. The third kappa shape index (κ3) is 2.78. The van der Waals surface area contributed by atoms with Gasteiger partial charge in [-0.25, -0.2) is 4.39 Å². The first-order chi connectivity index (χ1) is 8.63. The fraction of sp³-hybridized carbons (Fsp3) is 0.462. The van der Waals surface area contributed by atoms with Gasteiger partial charge in [-0.3, -0.25) is 4.79 Å².